The Morgan fingerprint density at radius 1 is 1.03 bits per heavy atom. The molecule has 1 amide bonds. The van der Waals surface area contributed by atoms with Crippen LogP contribution in [-0.2, 0) is 24.4 Å². The van der Waals surface area contributed by atoms with Gasteiger partial charge in [0.15, 0.2) is 0 Å². The summed E-state index contributed by atoms with van der Waals surface area (Å²) in [6.45, 7) is 7.43. The lowest BCUT2D eigenvalue weighted by Crippen LogP contribution is -2.49. The average Bonchev–Trinajstić information content (AvgIpc) is 3.18. The van der Waals surface area contributed by atoms with Crippen LogP contribution in [0.1, 0.15) is 23.9 Å². The molecule has 2 aromatic carbocycles. The number of carbonyl (C=O) groups is 1. The zero-order valence-electron chi connectivity index (χ0n) is 18.3. The molecule has 0 unspecified atom stereocenters. The number of nitrogens with zero attached hydrogens (tertiary/aromatic N) is 4. The van der Waals surface area contributed by atoms with Crippen molar-refractivity contribution >= 4 is 11.6 Å². The van der Waals surface area contributed by atoms with Crippen molar-refractivity contribution in [3.8, 4) is 11.1 Å². The van der Waals surface area contributed by atoms with E-state index in [1.807, 2.05) is 28.6 Å². The van der Waals surface area contributed by atoms with Crippen molar-refractivity contribution < 1.29 is 9.90 Å². The number of carbonyl (C=O) groups excluding carboxylic acids is 1. The Hall–Kier alpha value is -3.12. The van der Waals surface area contributed by atoms with Gasteiger partial charge >= 0.3 is 0 Å². The minimum absolute atomic E-state index is 0.0514. The average molecular weight is 419 g/mol. The molecule has 31 heavy (non-hydrogen) atoms. The molecule has 1 saturated heterocycles. The largest absolute Gasteiger partial charge is 0.392 e. The van der Waals surface area contributed by atoms with Crippen LogP contribution < -0.4 is 4.90 Å². The van der Waals surface area contributed by atoms with Crippen molar-refractivity contribution in [1.29, 1.82) is 0 Å². The predicted molar refractivity (Wildman–Crippen MR) is 123 cm³/mol. The number of rotatable bonds is 6. The number of aliphatic hydroxyl groups is 1. The van der Waals surface area contributed by atoms with Gasteiger partial charge in [-0.3, -0.25) is 9.48 Å². The number of piperazine rings is 1. The highest BCUT2D eigenvalue weighted by Gasteiger charge is 2.23. The van der Waals surface area contributed by atoms with Gasteiger partial charge in [-0.2, -0.15) is 5.10 Å². The van der Waals surface area contributed by atoms with Crippen LogP contribution >= 0.6 is 0 Å². The van der Waals surface area contributed by atoms with E-state index in [9.17, 15) is 9.90 Å². The minimum atomic E-state index is 0.0514. The number of benzene rings is 2. The number of aryl methyl sites for hydroxylation is 2. The van der Waals surface area contributed by atoms with E-state index in [1.165, 1.54) is 11.3 Å². The van der Waals surface area contributed by atoms with Gasteiger partial charge < -0.3 is 14.9 Å². The zero-order valence-corrected chi connectivity index (χ0v) is 18.3. The van der Waals surface area contributed by atoms with Crippen LogP contribution in [0, 0.1) is 6.92 Å². The number of amides is 1. The number of hydrogen-bond donors (Lipinski definition) is 1. The Bertz CT molecular complexity index is 1030. The molecule has 6 nitrogen and oxygen atoms in total. The van der Waals surface area contributed by atoms with E-state index in [0.29, 0.717) is 19.6 Å². The Kier molecular flexibility index (Phi) is 6.37. The fourth-order valence-electron chi connectivity index (χ4n) is 4.23. The smallest absolute Gasteiger partial charge is 0.244 e. The van der Waals surface area contributed by atoms with Gasteiger partial charge in [0.1, 0.15) is 6.54 Å². The minimum Gasteiger partial charge on any atom is -0.392 e. The van der Waals surface area contributed by atoms with E-state index in [-0.39, 0.29) is 12.5 Å². The van der Waals surface area contributed by atoms with E-state index >= 15 is 0 Å². The molecule has 1 aliphatic heterocycles. The molecule has 0 saturated carbocycles. The van der Waals surface area contributed by atoms with E-state index in [0.717, 1.165) is 42.0 Å². The van der Waals surface area contributed by atoms with Crippen molar-refractivity contribution in [2.24, 2.45) is 0 Å². The second-order valence-corrected chi connectivity index (χ2v) is 8.03. The molecule has 3 aromatic rings. The third-order valence-corrected chi connectivity index (χ3v) is 5.96. The normalized spacial score (nSPS) is 14.2. The lowest BCUT2D eigenvalue weighted by Gasteiger charge is -2.37. The summed E-state index contributed by atoms with van der Waals surface area (Å²) in [6, 6.07) is 18.5. The van der Waals surface area contributed by atoms with E-state index in [4.69, 9.17) is 0 Å². The molecule has 0 spiro atoms. The molecule has 6 heteroatoms. The van der Waals surface area contributed by atoms with Crippen molar-refractivity contribution in [3.05, 3.63) is 71.5 Å². The number of aromatic nitrogens is 2. The second kappa shape index (κ2) is 9.35. The van der Waals surface area contributed by atoms with E-state index in [1.54, 1.807) is 0 Å². The third-order valence-electron chi connectivity index (χ3n) is 5.96. The van der Waals surface area contributed by atoms with Gasteiger partial charge in [-0.25, -0.2) is 0 Å². The predicted octanol–water partition coefficient (Wildman–Crippen LogP) is 3.26. The Labute approximate surface area is 183 Å². The first-order valence-corrected chi connectivity index (χ1v) is 10.9. The number of hydrogen-bond acceptors (Lipinski definition) is 4. The first-order valence-electron chi connectivity index (χ1n) is 10.9. The number of para-hydroxylation sites is 1. The SMILES string of the molecule is CCc1cc(C)nn1CC(=O)N1CCN(c2ccccc2-c2ccc(CO)cc2)CC1. The molecular weight excluding hydrogens is 388 g/mol. The number of aliphatic hydroxyl groups excluding tert-OH is 1. The van der Waals surface area contributed by atoms with Crippen LogP contribution in [0.2, 0.25) is 0 Å². The molecule has 2 heterocycles. The van der Waals surface area contributed by atoms with Gasteiger partial charge in [0.25, 0.3) is 0 Å². The highest BCUT2D eigenvalue weighted by atomic mass is 16.3. The van der Waals surface area contributed by atoms with Crippen LogP contribution in [0.3, 0.4) is 0 Å². The first kappa shape index (κ1) is 21.1. The first-order chi connectivity index (χ1) is 15.1. The van der Waals surface area contributed by atoms with Crippen molar-refractivity contribution in [3.63, 3.8) is 0 Å². The summed E-state index contributed by atoms with van der Waals surface area (Å²) in [7, 11) is 0. The van der Waals surface area contributed by atoms with Gasteiger partial charge in [0.2, 0.25) is 5.91 Å². The van der Waals surface area contributed by atoms with Crippen molar-refractivity contribution in [2.45, 2.75) is 33.4 Å². The summed E-state index contributed by atoms with van der Waals surface area (Å²) >= 11 is 0. The Morgan fingerprint density at radius 2 is 1.74 bits per heavy atom. The van der Waals surface area contributed by atoms with Gasteiger partial charge in [-0.05, 0) is 36.6 Å². The molecular formula is C25H30N4O2. The molecule has 1 aliphatic rings. The van der Waals surface area contributed by atoms with Gasteiger partial charge in [0, 0.05) is 43.1 Å². The summed E-state index contributed by atoms with van der Waals surface area (Å²) in [6.07, 6.45) is 0.873. The standard InChI is InChI=1S/C25H30N4O2/c1-3-22-16-19(2)26-29(22)17-25(31)28-14-12-27(13-15-28)24-7-5-4-6-23(24)21-10-8-20(18-30)9-11-21/h4-11,16,30H,3,12-15,17-18H2,1-2H3. The molecule has 162 valence electrons. The van der Waals surface area contributed by atoms with Gasteiger partial charge in [0.05, 0.1) is 12.3 Å². The van der Waals surface area contributed by atoms with Crippen LogP contribution in [0.4, 0.5) is 5.69 Å². The molecule has 0 atom stereocenters. The Morgan fingerprint density at radius 3 is 2.42 bits per heavy atom. The maximum absolute atomic E-state index is 12.9. The lowest BCUT2D eigenvalue weighted by molar-refractivity contribution is -0.132. The lowest BCUT2D eigenvalue weighted by atomic mass is 10.0. The molecule has 0 bridgehead atoms. The molecule has 4 rings (SSSR count). The van der Waals surface area contributed by atoms with Crippen LogP contribution in [0.5, 0.6) is 0 Å². The Balaban J connectivity index is 1.43. The maximum atomic E-state index is 12.9. The maximum Gasteiger partial charge on any atom is 0.244 e. The molecule has 1 fully saturated rings. The number of anilines is 1. The third kappa shape index (κ3) is 4.64. The molecule has 1 aromatic heterocycles. The van der Waals surface area contributed by atoms with Gasteiger partial charge in [-0.1, -0.05) is 49.4 Å². The topological polar surface area (TPSA) is 61.6 Å². The summed E-state index contributed by atoms with van der Waals surface area (Å²) in [5.41, 5.74) is 6.46. The van der Waals surface area contributed by atoms with Crippen molar-refractivity contribution in [1.82, 2.24) is 14.7 Å². The molecule has 0 radical (unpaired) electrons. The van der Waals surface area contributed by atoms with Gasteiger partial charge in [-0.15, -0.1) is 0 Å². The molecule has 1 N–H and O–H groups in total. The second-order valence-electron chi connectivity index (χ2n) is 8.03. The van der Waals surface area contributed by atoms with E-state index < -0.39 is 0 Å². The molecule has 0 aliphatic carbocycles. The van der Waals surface area contributed by atoms with Crippen LogP contribution in [-0.4, -0.2) is 51.9 Å². The van der Waals surface area contributed by atoms with Crippen LogP contribution in [0.25, 0.3) is 11.1 Å². The zero-order chi connectivity index (χ0) is 21.8. The fraction of sp³-hybridized carbons (Fsp3) is 0.360. The van der Waals surface area contributed by atoms with E-state index in [2.05, 4.69) is 59.4 Å². The van der Waals surface area contributed by atoms with Crippen molar-refractivity contribution in [2.75, 3.05) is 31.1 Å². The fourth-order valence-corrected chi connectivity index (χ4v) is 4.23. The summed E-state index contributed by atoms with van der Waals surface area (Å²) in [5.74, 6) is 0.130. The highest BCUT2D eigenvalue weighted by molar-refractivity contribution is 5.80. The quantitative estimate of drug-likeness (QED) is 0.668. The summed E-state index contributed by atoms with van der Waals surface area (Å²) in [5, 5.41) is 13.8. The monoisotopic (exact) mass is 418 g/mol. The summed E-state index contributed by atoms with van der Waals surface area (Å²) in [4.78, 5) is 17.2. The van der Waals surface area contributed by atoms with Crippen LogP contribution in [0.15, 0.2) is 54.6 Å². The highest BCUT2D eigenvalue weighted by Crippen LogP contribution is 2.31. The summed E-state index contributed by atoms with van der Waals surface area (Å²) < 4.78 is 1.84.